The number of amides is 4. The Hall–Kier alpha value is -3.12. The Morgan fingerprint density at radius 3 is 2.06 bits per heavy atom. The maximum atomic E-state index is 13.1. The van der Waals surface area contributed by atoms with E-state index in [-0.39, 0.29) is 12.3 Å². The SMILES string of the molecule is CSCCC(N)C(=O)NC(C(=O)NC(Cc1ccccc1)C(=O)NC(CC(N)=O)C(=O)O)C(C)C. The fourth-order valence-electron chi connectivity index (χ4n) is 3.17. The van der Waals surface area contributed by atoms with Crippen LogP contribution in [-0.2, 0) is 30.4 Å². The molecule has 1 aromatic carbocycles. The summed E-state index contributed by atoms with van der Waals surface area (Å²) < 4.78 is 0. The van der Waals surface area contributed by atoms with Gasteiger partial charge in [-0.15, -0.1) is 0 Å². The molecule has 4 amide bonds. The molecule has 0 aliphatic heterocycles. The van der Waals surface area contributed by atoms with Crippen LogP contribution >= 0.6 is 11.8 Å². The molecule has 0 spiro atoms. The maximum Gasteiger partial charge on any atom is 0.326 e. The molecule has 0 aliphatic carbocycles. The first kappa shape index (κ1) is 29.9. The van der Waals surface area contributed by atoms with E-state index < -0.39 is 60.2 Å². The van der Waals surface area contributed by atoms with E-state index in [1.165, 1.54) is 0 Å². The standard InChI is InChI=1S/C23H35N5O6S/c1-13(2)19(28-20(30)15(24)9-10-35-3)22(32)26-16(11-14-7-5-4-6-8-14)21(31)27-17(23(33)34)12-18(25)29/h4-8,13,15-17,19H,9-12,24H2,1-3H3,(H2,25,29)(H,26,32)(H,27,31)(H,28,30)(H,33,34). The third kappa shape index (κ3) is 10.8. The number of carbonyl (C=O) groups excluding carboxylic acids is 4. The number of hydrogen-bond acceptors (Lipinski definition) is 7. The predicted molar refractivity (Wildman–Crippen MR) is 133 cm³/mol. The van der Waals surface area contributed by atoms with Gasteiger partial charge in [-0.3, -0.25) is 19.2 Å². The van der Waals surface area contributed by atoms with E-state index in [0.717, 1.165) is 0 Å². The Morgan fingerprint density at radius 1 is 0.943 bits per heavy atom. The lowest BCUT2D eigenvalue weighted by Crippen LogP contribution is -2.59. The summed E-state index contributed by atoms with van der Waals surface area (Å²) in [5.74, 6) is -3.89. The van der Waals surface area contributed by atoms with Crippen molar-refractivity contribution in [3.05, 3.63) is 35.9 Å². The molecule has 0 aliphatic rings. The zero-order valence-corrected chi connectivity index (χ0v) is 21.0. The van der Waals surface area contributed by atoms with Crippen LogP contribution in [0.4, 0.5) is 0 Å². The second kappa shape index (κ2) is 15.0. The van der Waals surface area contributed by atoms with Gasteiger partial charge in [0.25, 0.3) is 0 Å². The Labute approximate surface area is 209 Å². The predicted octanol–water partition coefficient (Wildman–Crippen LogP) is -0.620. The number of primary amides is 1. The van der Waals surface area contributed by atoms with Gasteiger partial charge in [0.05, 0.1) is 12.5 Å². The minimum atomic E-state index is -1.55. The highest BCUT2D eigenvalue weighted by molar-refractivity contribution is 7.98. The van der Waals surface area contributed by atoms with Crippen LogP contribution in [0.2, 0.25) is 0 Å². The van der Waals surface area contributed by atoms with Gasteiger partial charge >= 0.3 is 5.97 Å². The van der Waals surface area contributed by atoms with Crippen LogP contribution in [0.5, 0.6) is 0 Å². The van der Waals surface area contributed by atoms with E-state index in [1.807, 2.05) is 6.26 Å². The Morgan fingerprint density at radius 2 is 1.54 bits per heavy atom. The lowest BCUT2D eigenvalue weighted by Gasteiger charge is -2.27. The number of aliphatic carboxylic acids is 1. The van der Waals surface area contributed by atoms with Crippen LogP contribution < -0.4 is 27.4 Å². The summed E-state index contributed by atoms with van der Waals surface area (Å²) in [5, 5.41) is 16.8. The number of carbonyl (C=O) groups is 5. The molecule has 35 heavy (non-hydrogen) atoms. The zero-order valence-electron chi connectivity index (χ0n) is 20.2. The van der Waals surface area contributed by atoms with Crippen LogP contribution in [0.1, 0.15) is 32.3 Å². The van der Waals surface area contributed by atoms with Gasteiger partial charge < -0.3 is 32.5 Å². The summed E-state index contributed by atoms with van der Waals surface area (Å²) in [6.45, 7) is 3.47. The normalized spacial score (nSPS) is 14.3. The first-order chi connectivity index (χ1) is 16.5. The minimum Gasteiger partial charge on any atom is -0.480 e. The topological polar surface area (TPSA) is 194 Å². The van der Waals surface area contributed by atoms with Gasteiger partial charge in [0.1, 0.15) is 18.1 Å². The molecule has 0 aromatic heterocycles. The monoisotopic (exact) mass is 509 g/mol. The van der Waals surface area contributed by atoms with Crippen LogP contribution in [0.3, 0.4) is 0 Å². The van der Waals surface area contributed by atoms with Gasteiger partial charge in [0.2, 0.25) is 23.6 Å². The first-order valence-corrected chi connectivity index (χ1v) is 12.6. The fraction of sp³-hybridized carbons (Fsp3) is 0.522. The van der Waals surface area contributed by atoms with Gasteiger partial charge in [0, 0.05) is 6.42 Å². The molecule has 1 rings (SSSR count). The lowest BCUT2D eigenvalue weighted by atomic mass is 10.00. The van der Waals surface area contributed by atoms with E-state index in [4.69, 9.17) is 11.5 Å². The van der Waals surface area contributed by atoms with Crippen molar-refractivity contribution in [2.75, 3.05) is 12.0 Å². The number of rotatable bonds is 15. The number of hydrogen-bond donors (Lipinski definition) is 6. The number of thioether (sulfide) groups is 1. The van der Waals surface area contributed by atoms with Crippen molar-refractivity contribution in [2.24, 2.45) is 17.4 Å². The molecule has 11 nitrogen and oxygen atoms in total. The fourth-order valence-corrected chi connectivity index (χ4v) is 3.65. The van der Waals surface area contributed by atoms with Crippen LogP contribution in [0.15, 0.2) is 30.3 Å². The van der Waals surface area contributed by atoms with E-state index in [2.05, 4.69) is 16.0 Å². The minimum absolute atomic E-state index is 0.0489. The molecule has 194 valence electrons. The van der Waals surface area contributed by atoms with E-state index in [1.54, 1.807) is 55.9 Å². The van der Waals surface area contributed by atoms with Gasteiger partial charge in [-0.05, 0) is 29.9 Å². The summed E-state index contributed by atoms with van der Waals surface area (Å²) in [7, 11) is 0. The van der Waals surface area contributed by atoms with E-state index >= 15 is 0 Å². The summed E-state index contributed by atoms with van der Waals surface area (Å²) >= 11 is 1.55. The molecular formula is C23H35N5O6S. The van der Waals surface area contributed by atoms with Crippen molar-refractivity contribution in [1.82, 2.24) is 16.0 Å². The second-order valence-corrected chi connectivity index (χ2v) is 9.42. The molecule has 4 unspecified atom stereocenters. The molecule has 0 bridgehead atoms. The molecule has 0 saturated heterocycles. The largest absolute Gasteiger partial charge is 0.480 e. The van der Waals surface area contributed by atoms with Crippen LogP contribution in [0, 0.1) is 5.92 Å². The van der Waals surface area contributed by atoms with E-state index in [0.29, 0.717) is 17.7 Å². The number of carboxylic acids is 1. The lowest BCUT2D eigenvalue weighted by molar-refractivity contribution is -0.143. The molecule has 4 atom stereocenters. The van der Waals surface area contributed by atoms with Gasteiger partial charge in [-0.2, -0.15) is 11.8 Å². The van der Waals surface area contributed by atoms with Crippen molar-refractivity contribution >= 4 is 41.4 Å². The third-order valence-corrected chi connectivity index (χ3v) is 5.80. The highest BCUT2D eigenvalue weighted by Crippen LogP contribution is 2.08. The molecule has 0 saturated carbocycles. The number of nitrogens with one attached hydrogen (secondary N) is 3. The van der Waals surface area contributed by atoms with Crippen LogP contribution in [0.25, 0.3) is 0 Å². The molecule has 0 fully saturated rings. The second-order valence-electron chi connectivity index (χ2n) is 8.44. The third-order valence-electron chi connectivity index (χ3n) is 5.15. The summed E-state index contributed by atoms with van der Waals surface area (Å²) in [4.78, 5) is 61.2. The highest BCUT2D eigenvalue weighted by atomic mass is 32.2. The molecule has 1 aromatic rings. The van der Waals surface area contributed by atoms with Crippen molar-refractivity contribution in [3.63, 3.8) is 0 Å². The average molecular weight is 510 g/mol. The maximum absolute atomic E-state index is 13.1. The molecule has 8 N–H and O–H groups in total. The quantitative estimate of drug-likeness (QED) is 0.180. The molecular weight excluding hydrogens is 474 g/mol. The first-order valence-electron chi connectivity index (χ1n) is 11.2. The van der Waals surface area contributed by atoms with Gasteiger partial charge in [-0.25, -0.2) is 4.79 Å². The molecule has 12 heteroatoms. The smallest absolute Gasteiger partial charge is 0.326 e. The average Bonchev–Trinajstić information content (AvgIpc) is 2.79. The highest BCUT2D eigenvalue weighted by Gasteiger charge is 2.32. The van der Waals surface area contributed by atoms with Crippen LogP contribution in [-0.4, -0.2) is 70.9 Å². The van der Waals surface area contributed by atoms with Crippen molar-refractivity contribution in [1.29, 1.82) is 0 Å². The Bertz CT molecular complexity index is 882. The van der Waals surface area contributed by atoms with Gasteiger partial charge in [-0.1, -0.05) is 44.2 Å². The Kier molecular flexibility index (Phi) is 12.8. The number of benzene rings is 1. The number of nitrogens with two attached hydrogens (primary N) is 2. The molecule has 0 heterocycles. The van der Waals surface area contributed by atoms with Crippen molar-refractivity contribution < 1.29 is 29.1 Å². The Balaban J connectivity index is 3.07. The van der Waals surface area contributed by atoms with Gasteiger partial charge in [0.15, 0.2) is 0 Å². The van der Waals surface area contributed by atoms with Crippen molar-refractivity contribution in [3.8, 4) is 0 Å². The van der Waals surface area contributed by atoms with Crippen molar-refractivity contribution in [2.45, 2.75) is 57.3 Å². The summed E-state index contributed by atoms with van der Waals surface area (Å²) in [6.07, 6.45) is 1.78. The molecule has 0 radical (unpaired) electrons. The summed E-state index contributed by atoms with van der Waals surface area (Å²) in [6, 6.07) is 4.30. The van der Waals surface area contributed by atoms with E-state index in [9.17, 15) is 29.1 Å². The summed E-state index contributed by atoms with van der Waals surface area (Å²) in [5.41, 5.74) is 11.7. The zero-order chi connectivity index (χ0) is 26.5. The number of carboxylic acid groups (broad SMARTS) is 1.